The fraction of sp³-hybridized carbons (Fsp3) is 0.636. The van der Waals surface area contributed by atoms with Crippen LogP contribution < -0.4 is 0 Å². The van der Waals surface area contributed by atoms with Crippen LogP contribution in [-0.4, -0.2) is 11.6 Å². The molecule has 0 aromatic heterocycles. The standard InChI is InChI=1S/C11H18O2/c1-7(2)10(12)6-9(5)11(13)8(3)4/h6-8H,1-5H3/b9-6+. The van der Waals surface area contributed by atoms with E-state index in [1.165, 1.54) is 6.08 Å². The lowest BCUT2D eigenvalue weighted by molar-refractivity contribution is -0.120. The van der Waals surface area contributed by atoms with Gasteiger partial charge < -0.3 is 0 Å². The Bertz CT molecular complexity index is 234. The van der Waals surface area contributed by atoms with Crippen molar-refractivity contribution in [2.24, 2.45) is 11.8 Å². The van der Waals surface area contributed by atoms with Gasteiger partial charge in [0.15, 0.2) is 11.6 Å². The predicted molar refractivity (Wildman–Crippen MR) is 53.4 cm³/mol. The Balaban J connectivity index is 4.50. The molecular weight excluding hydrogens is 164 g/mol. The minimum Gasteiger partial charge on any atom is -0.295 e. The van der Waals surface area contributed by atoms with Crippen LogP contribution in [0.2, 0.25) is 0 Å². The topological polar surface area (TPSA) is 34.1 Å². The van der Waals surface area contributed by atoms with E-state index in [1.54, 1.807) is 6.92 Å². The highest BCUT2D eigenvalue weighted by Crippen LogP contribution is 2.07. The van der Waals surface area contributed by atoms with Crippen LogP contribution in [0.5, 0.6) is 0 Å². The molecule has 0 saturated heterocycles. The SMILES string of the molecule is C/C(=C\C(=O)C(C)C)C(=O)C(C)C. The Morgan fingerprint density at radius 1 is 1.00 bits per heavy atom. The second-order valence-electron chi connectivity index (χ2n) is 3.90. The van der Waals surface area contributed by atoms with Crippen molar-refractivity contribution in [3.8, 4) is 0 Å². The first-order valence-corrected chi connectivity index (χ1v) is 4.62. The second kappa shape index (κ2) is 4.95. The molecule has 2 nitrogen and oxygen atoms in total. The van der Waals surface area contributed by atoms with Crippen molar-refractivity contribution in [1.82, 2.24) is 0 Å². The van der Waals surface area contributed by atoms with E-state index in [9.17, 15) is 9.59 Å². The van der Waals surface area contributed by atoms with Gasteiger partial charge in [-0.3, -0.25) is 9.59 Å². The molecule has 0 spiro atoms. The third-order valence-electron chi connectivity index (χ3n) is 1.84. The van der Waals surface area contributed by atoms with Gasteiger partial charge in [-0.1, -0.05) is 27.7 Å². The summed E-state index contributed by atoms with van der Waals surface area (Å²) in [4.78, 5) is 22.6. The van der Waals surface area contributed by atoms with E-state index < -0.39 is 0 Å². The van der Waals surface area contributed by atoms with Crippen molar-refractivity contribution in [3.63, 3.8) is 0 Å². The molecule has 0 aromatic rings. The van der Waals surface area contributed by atoms with E-state index in [1.807, 2.05) is 27.7 Å². The molecule has 0 aliphatic carbocycles. The first-order valence-electron chi connectivity index (χ1n) is 4.62. The van der Waals surface area contributed by atoms with Gasteiger partial charge in [0.25, 0.3) is 0 Å². The zero-order chi connectivity index (χ0) is 10.6. The van der Waals surface area contributed by atoms with Gasteiger partial charge in [-0.05, 0) is 18.6 Å². The molecule has 74 valence electrons. The number of carbonyl (C=O) groups excluding carboxylic acids is 2. The Morgan fingerprint density at radius 2 is 1.46 bits per heavy atom. The molecule has 13 heavy (non-hydrogen) atoms. The summed E-state index contributed by atoms with van der Waals surface area (Å²) in [5.74, 6) is 0.00613. The Kier molecular flexibility index (Phi) is 4.60. The molecule has 0 unspecified atom stereocenters. The van der Waals surface area contributed by atoms with Gasteiger partial charge in [-0.25, -0.2) is 0 Å². The highest BCUT2D eigenvalue weighted by molar-refractivity contribution is 6.03. The maximum absolute atomic E-state index is 11.4. The molecule has 0 aromatic carbocycles. The van der Waals surface area contributed by atoms with E-state index in [0.717, 1.165) is 0 Å². The van der Waals surface area contributed by atoms with Crippen molar-refractivity contribution >= 4 is 11.6 Å². The van der Waals surface area contributed by atoms with Crippen LogP contribution in [0.1, 0.15) is 34.6 Å². The van der Waals surface area contributed by atoms with Gasteiger partial charge in [0.2, 0.25) is 0 Å². The van der Waals surface area contributed by atoms with Crippen LogP contribution in [0.3, 0.4) is 0 Å². The third kappa shape index (κ3) is 4.02. The minimum atomic E-state index is -0.0325. The van der Waals surface area contributed by atoms with Gasteiger partial charge in [0, 0.05) is 11.8 Å². The molecule has 0 aliphatic rings. The number of ketones is 2. The summed E-state index contributed by atoms with van der Waals surface area (Å²) in [6.45, 7) is 9.01. The minimum absolute atomic E-state index is 0.0199. The van der Waals surface area contributed by atoms with Gasteiger partial charge in [0.1, 0.15) is 0 Å². The molecule has 2 heteroatoms. The lowest BCUT2D eigenvalue weighted by atomic mass is 9.99. The van der Waals surface area contributed by atoms with Crippen LogP contribution >= 0.6 is 0 Å². The Labute approximate surface area is 80.0 Å². The van der Waals surface area contributed by atoms with Crippen molar-refractivity contribution in [1.29, 1.82) is 0 Å². The number of rotatable bonds is 4. The zero-order valence-corrected chi connectivity index (χ0v) is 9.05. The van der Waals surface area contributed by atoms with Crippen LogP contribution in [0, 0.1) is 11.8 Å². The number of hydrogen-bond acceptors (Lipinski definition) is 2. The highest BCUT2D eigenvalue weighted by Gasteiger charge is 2.11. The molecular formula is C11H18O2. The smallest absolute Gasteiger partial charge is 0.161 e. The summed E-state index contributed by atoms with van der Waals surface area (Å²) in [5.41, 5.74) is 0.564. The Hall–Kier alpha value is -0.920. The van der Waals surface area contributed by atoms with E-state index in [2.05, 4.69) is 0 Å². The maximum Gasteiger partial charge on any atom is 0.161 e. The highest BCUT2D eigenvalue weighted by atomic mass is 16.1. The molecule has 0 fully saturated rings. The van der Waals surface area contributed by atoms with Gasteiger partial charge in [-0.2, -0.15) is 0 Å². The molecule has 0 bridgehead atoms. The average molecular weight is 182 g/mol. The van der Waals surface area contributed by atoms with Crippen LogP contribution in [-0.2, 0) is 9.59 Å². The molecule has 0 amide bonds. The average Bonchev–Trinajstić information content (AvgIpc) is 2.02. The van der Waals surface area contributed by atoms with Gasteiger partial charge in [-0.15, -0.1) is 0 Å². The quantitative estimate of drug-likeness (QED) is 0.625. The second-order valence-corrected chi connectivity index (χ2v) is 3.90. The largest absolute Gasteiger partial charge is 0.295 e. The summed E-state index contributed by atoms with van der Waals surface area (Å²) in [7, 11) is 0. The van der Waals surface area contributed by atoms with E-state index in [0.29, 0.717) is 5.57 Å². The molecule has 0 rings (SSSR count). The molecule has 0 saturated carbocycles. The Morgan fingerprint density at radius 3 is 1.77 bits per heavy atom. The first-order chi connectivity index (χ1) is 5.86. The van der Waals surface area contributed by atoms with Crippen LogP contribution in [0.4, 0.5) is 0 Å². The summed E-state index contributed by atoms with van der Waals surface area (Å²) in [5, 5.41) is 0. The van der Waals surface area contributed by atoms with Crippen molar-refractivity contribution in [3.05, 3.63) is 11.6 Å². The first kappa shape index (κ1) is 12.1. The maximum atomic E-state index is 11.4. The normalized spacial score (nSPS) is 12.4. The zero-order valence-electron chi connectivity index (χ0n) is 9.05. The van der Waals surface area contributed by atoms with Crippen molar-refractivity contribution in [2.45, 2.75) is 34.6 Å². The lowest BCUT2D eigenvalue weighted by Gasteiger charge is -2.04. The van der Waals surface area contributed by atoms with E-state index in [-0.39, 0.29) is 23.4 Å². The number of allylic oxidation sites excluding steroid dienone is 2. The summed E-state index contributed by atoms with van der Waals surface area (Å²) < 4.78 is 0. The van der Waals surface area contributed by atoms with Gasteiger partial charge >= 0.3 is 0 Å². The third-order valence-corrected chi connectivity index (χ3v) is 1.84. The fourth-order valence-electron chi connectivity index (χ4n) is 0.907. The number of Topliss-reactive ketones (excluding diaryl/α,β-unsaturated/α-hetero) is 1. The number of hydrogen-bond donors (Lipinski definition) is 0. The molecule has 0 heterocycles. The molecule has 0 aliphatic heterocycles. The molecule has 0 N–H and O–H groups in total. The summed E-state index contributed by atoms with van der Waals surface area (Å²) in [6.07, 6.45) is 1.45. The predicted octanol–water partition coefficient (Wildman–Crippen LogP) is 2.38. The lowest BCUT2D eigenvalue weighted by Crippen LogP contribution is -2.11. The van der Waals surface area contributed by atoms with Crippen LogP contribution in [0.15, 0.2) is 11.6 Å². The van der Waals surface area contributed by atoms with E-state index in [4.69, 9.17) is 0 Å². The van der Waals surface area contributed by atoms with Crippen molar-refractivity contribution in [2.75, 3.05) is 0 Å². The summed E-state index contributed by atoms with van der Waals surface area (Å²) >= 11 is 0. The van der Waals surface area contributed by atoms with Gasteiger partial charge in [0.05, 0.1) is 0 Å². The number of carbonyl (C=O) groups is 2. The monoisotopic (exact) mass is 182 g/mol. The fourth-order valence-corrected chi connectivity index (χ4v) is 0.907. The molecule has 0 atom stereocenters. The van der Waals surface area contributed by atoms with Crippen molar-refractivity contribution < 1.29 is 9.59 Å². The summed E-state index contributed by atoms with van der Waals surface area (Å²) in [6, 6.07) is 0. The van der Waals surface area contributed by atoms with E-state index >= 15 is 0 Å². The molecule has 0 radical (unpaired) electrons. The van der Waals surface area contributed by atoms with Crippen LogP contribution in [0.25, 0.3) is 0 Å².